The molecule has 128 valence electrons. The first-order chi connectivity index (χ1) is 11.6. The third kappa shape index (κ3) is 4.29. The summed E-state index contributed by atoms with van der Waals surface area (Å²) < 4.78 is 12.4. The van der Waals surface area contributed by atoms with Crippen molar-refractivity contribution < 1.29 is 9.47 Å². The standard InChI is InChI=1S/C20H24ClNO2/c1-15(2)22-12-13-23-19(14-22)20(16-6-4-3-5-7-16)24-18-10-8-17(21)9-11-18/h3-11,15,19-20H,12-14H2,1-2H3. The van der Waals surface area contributed by atoms with Gasteiger partial charge in [0, 0.05) is 24.2 Å². The van der Waals surface area contributed by atoms with Gasteiger partial charge in [0.25, 0.3) is 0 Å². The van der Waals surface area contributed by atoms with Crippen LogP contribution in [0, 0.1) is 0 Å². The van der Waals surface area contributed by atoms with Gasteiger partial charge < -0.3 is 9.47 Å². The van der Waals surface area contributed by atoms with Crippen molar-refractivity contribution in [3.63, 3.8) is 0 Å². The Morgan fingerprint density at radius 1 is 1.08 bits per heavy atom. The van der Waals surface area contributed by atoms with Crippen LogP contribution >= 0.6 is 11.6 Å². The van der Waals surface area contributed by atoms with Crippen LogP contribution < -0.4 is 4.74 Å². The Hall–Kier alpha value is -1.55. The van der Waals surface area contributed by atoms with E-state index < -0.39 is 0 Å². The van der Waals surface area contributed by atoms with Gasteiger partial charge in [0.2, 0.25) is 0 Å². The van der Waals surface area contributed by atoms with Gasteiger partial charge in [0.1, 0.15) is 11.9 Å². The van der Waals surface area contributed by atoms with E-state index >= 15 is 0 Å². The van der Waals surface area contributed by atoms with Crippen molar-refractivity contribution in [1.29, 1.82) is 0 Å². The molecule has 0 saturated carbocycles. The van der Waals surface area contributed by atoms with Crippen molar-refractivity contribution in [3.05, 3.63) is 65.2 Å². The summed E-state index contributed by atoms with van der Waals surface area (Å²) in [5, 5.41) is 0.707. The van der Waals surface area contributed by atoms with E-state index in [4.69, 9.17) is 21.1 Å². The molecule has 0 radical (unpaired) electrons. The fourth-order valence-electron chi connectivity index (χ4n) is 3.01. The van der Waals surface area contributed by atoms with Crippen molar-refractivity contribution in [3.8, 4) is 5.75 Å². The molecule has 1 aliphatic heterocycles. The Kier molecular flexibility index (Phi) is 5.77. The Balaban J connectivity index is 1.83. The fraction of sp³-hybridized carbons (Fsp3) is 0.400. The lowest BCUT2D eigenvalue weighted by Gasteiger charge is -2.39. The van der Waals surface area contributed by atoms with Gasteiger partial charge in [0.05, 0.1) is 6.61 Å². The first kappa shape index (κ1) is 17.3. The monoisotopic (exact) mass is 345 g/mol. The molecule has 2 atom stereocenters. The first-order valence-electron chi connectivity index (χ1n) is 8.46. The second-order valence-corrected chi connectivity index (χ2v) is 6.84. The highest BCUT2D eigenvalue weighted by Gasteiger charge is 2.31. The van der Waals surface area contributed by atoms with Crippen molar-refractivity contribution in [1.82, 2.24) is 4.90 Å². The minimum absolute atomic E-state index is 0.000715. The van der Waals surface area contributed by atoms with E-state index in [1.807, 2.05) is 42.5 Å². The molecule has 0 N–H and O–H groups in total. The van der Waals surface area contributed by atoms with Crippen LogP contribution in [0.15, 0.2) is 54.6 Å². The van der Waals surface area contributed by atoms with Crippen LogP contribution in [0.25, 0.3) is 0 Å². The lowest BCUT2D eigenvalue weighted by Crippen LogP contribution is -2.48. The summed E-state index contributed by atoms with van der Waals surface area (Å²) in [5.41, 5.74) is 1.13. The molecular weight excluding hydrogens is 322 g/mol. The van der Waals surface area contributed by atoms with Crippen molar-refractivity contribution in [2.75, 3.05) is 19.7 Å². The first-order valence-corrected chi connectivity index (χ1v) is 8.84. The Morgan fingerprint density at radius 2 is 1.79 bits per heavy atom. The van der Waals surface area contributed by atoms with Crippen LogP contribution in [-0.4, -0.2) is 36.7 Å². The quantitative estimate of drug-likeness (QED) is 0.792. The predicted octanol–water partition coefficient (Wildman–Crippen LogP) is 4.57. The van der Waals surface area contributed by atoms with Gasteiger partial charge in [-0.05, 0) is 43.7 Å². The molecule has 0 aromatic heterocycles. The maximum Gasteiger partial charge on any atom is 0.151 e. The molecule has 1 fully saturated rings. The average molecular weight is 346 g/mol. The highest BCUT2D eigenvalue weighted by atomic mass is 35.5. The highest BCUT2D eigenvalue weighted by molar-refractivity contribution is 6.30. The lowest BCUT2D eigenvalue weighted by molar-refractivity contribution is -0.0885. The van der Waals surface area contributed by atoms with Crippen molar-refractivity contribution in [2.45, 2.75) is 32.1 Å². The number of hydrogen-bond donors (Lipinski definition) is 0. The van der Waals surface area contributed by atoms with E-state index in [-0.39, 0.29) is 12.2 Å². The number of rotatable bonds is 5. The number of hydrogen-bond acceptors (Lipinski definition) is 3. The molecular formula is C20H24ClNO2. The van der Waals surface area contributed by atoms with E-state index in [0.29, 0.717) is 11.1 Å². The van der Waals surface area contributed by atoms with Gasteiger partial charge in [-0.1, -0.05) is 41.9 Å². The summed E-state index contributed by atoms with van der Waals surface area (Å²) in [7, 11) is 0. The fourth-order valence-corrected chi connectivity index (χ4v) is 3.14. The molecule has 3 rings (SSSR count). The van der Waals surface area contributed by atoms with Crippen molar-refractivity contribution >= 4 is 11.6 Å². The Morgan fingerprint density at radius 3 is 2.46 bits per heavy atom. The van der Waals surface area contributed by atoms with E-state index in [9.17, 15) is 0 Å². The van der Waals surface area contributed by atoms with Crippen LogP contribution in [0.2, 0.25) is 5.02 Å². The summed E-state index contributed by atoms with van der Waals surface area (Å²) in [6.07, 6.45) is -0.145. The van der Waals surface area contributed by atoms with Crippen LogP contribution in [0.5, 0.6) is 5.75 Å². The molecule has 1 saturated heterocycles. The predicted molar refractivity (Wildman–Crippen MR) is 97.7 cm³/mol. The minimum atomic E-state index is -0.145. The molecule has 0 spiro atoms. The van der Waals surface area contributed by atoms with E-state index in [2.05, 4.69) is 30.9 Å². The van der Waals surface area contributed by atoms with Gasteiger partial charge in [-0.15, -0.1) is 0 Å². The third-order valence-corrected chi connectivity index (χ3v) is 4.65. The molecule has 0 amide bonds. The molecule has 2 unspecified atom stereocenters. The van der Waals surface area contributed by atoms with Crippen LogP contribution in [-0.2, 0) is 4.74 Å². The van der Waals surface area contributed by atoms with Crippen molar-refractivity contribution in [2.24, 2.45) is 0 Å². The maximum absolute atomic E-state index is 6.31. The zero-order chi connectivity index (χ0) is 16.9. The summed E-state index contributed by atoms with van der Waals surface area (Å²) in [4.78, 5) is 2.44. The topological polar surface area (TPSA) is 21.7 Å². The number of ether oxygens (including phenoxy) is 2. The zero-order valence-corrected chi connectivity index (χ0v) is 14.9. The molecule has 0 bridgehead atoms. The number of benzene rings is 2. The molecule has 2 aromatic carbocycles. The molecule has 1 aliphatic rings. The Labute approximate surface area is 149 Å². The van der Waals surface area contributed by atoms with Crippen LogP contribution in [0.3, 0.4) is 0 Å². The van der Waals surface area contributed by atoms with E-state index in [1.165, 1.54) is 0 Å². The second-order valence-electron chi connectivity index (χ2n) is 6.40. The normalized spacial score (nSPS) is 20.1. The summed E-state index contributed by atoms with van der Waals surface area (Å²) in [6.45, 7) is 7.01. The van der Waals surface area contributed by atoms with Crippen LogP contribution in [0.1, 0.15) is 25.5 Å². The maximum atomic E-state index is 6.31. The number of nitrogens with zero attached hydrogens (tertiary/aromatic N) is 1. The van der Waals surface area contributed by atoms with Gasteiger partial charge >= 0.3 is 0 Å². The molecule has 2 aromatic rings. The summed E-state index contributed by atoms with van der Waals surface area (Å²) >= 11 is 5.98. The van der Waals surface area contributed by atoms with Gasteiger partial charge in [-0.3, -0.25) is 4.90 Å². The molecule has 1 heterocycles. The van der Waals surface area contributed by atoms with E-state index in [1.54, 1.807) is 0 Å². The molecule has 0 aliphatic carbocycles. The highest BCUT2D eigenvalue weighted by Crippen LogP contribution is 2.29. The minimum Gasteiger partial charge on any atom is -0.483 e. The molecule has 24 heavy (non-hydrogen) atoms. The number of morpholine rings is 1. The zero-order valence-electron chi connectivity index (χ0n) is 14.2. The smallest absolute Gasteiger partial charge is 0.151 e. The third-order valence-electron chi connectivity index (χ3n) is 4.40. The summed E-state index contributed by atoms with van der Waals surface area (Å²) in [5.74, 6) is 0.804. The SMILES string of the molecule is CC(C)N1CCOC(C(Oc2ccc(Cl)cc2)c2ccccc2)C1. The Bertz CT molecular complexity index is 630. The lowest BCUT2D eigenvalue weighted by atomic mass is 10.0. The molecule has 4 heteroatoms. The van der Waals surface area contributed by atoms with Crippen LogP contribution in [0.4, 0.5) is 0 Å². The summed E-state index contributed by atoms with van der Waals surface area (Å²) in [6, 6.07) is 18.3. The number of halogens is 1. The second kappa shape index (κ2) is 8.02. The van der Waals surface area contributed by atoms with Gasteiger partial charge in [-0.2, -0.15) is 0 Å². The van der Waals surface area contributed by atoms with Gasteiger partial charge in [-0.25, -0.2) is 0 Å². The average Bonchev–Trinajstić information content (AvgIpc) is 2.62. The largest absolute Gasteiger partial charge is 0.483 e. The molecule has 3 nitrogen and oxygen atoms in total. The van der Waals surface area contributed by atoms with E-state index in [0.717, 1.165) is 31.0 Å². The van der Waals surface area contributed by atoms with Gasteiger partial charge in [0.15, 0.2) is 6.10 Å².